The first-order chi connectivity index (χ1) is 12.0. The summed E-state index contributed by atoms with van der Waals surface area (Å²) in [4.78, 5) is 0.234. The maximum atomic E-state index is 12.9. The van der Waals surface area contributed by atoms with E-state index in [4.69, 9.17) is 4.18 Å². The van der Waals surface area contributed by atoms with Crippen LogP contribution in [0.1, 0.15) is 80.5 Å². The Hall–Kier alpha value is -0.130. The van der Waals surface area contributed by atoms with Crippen molar-refractivity contribution >= 4 is 10.1 Å². The number of benzene rings is 1. The van der Waals surface area contributed by atoms with Crippen molar-refractivity contribution in [3.05, 3.63) is 42.0 Å². The molecule has 0 unspecified atom stereocenters. The van der Waals surface area contributed by atoms with Gasteiger partial charge in [-0.3, -0.25) is 4.18 Å². The van der Waals surface area contributed by atoms with Gasteiger partial charge >= 0.3 is 29.6 Å². The molecule has 0 aliphatic rings. The average Bonchev–Trinajstić information content (AvgIpc) is 2.59. The molecule has 0 aliphatic heterocycles. The van der Waals surface area contributed by atoms with Crippen LogP contribution in [-0.4, -0.2) is 14.0 Å². The molecule has 0 spiro atoms. The Morgan fingerprint density at radius 3 is 2.04 bits per heavy atom. The van der Waals surface area contributed by atoms with Crippen LogP contribution in [0.4, 0.5) is 0 Å². The van der Waals surface area contributed by atoms with E-state index < -0.39 is 15.7 Å². The van der Waals surface area contributed by atoms with Crippen LogP contribution in [0.2, 0.25) is 0 Å². The Labute approximate surface area is 184 Å². The number of hydrogen-bond acceptors (Lipinski definition) is 3. The Morgan fingerprint density at radius 2 is 1.58 bits per heavy atom. The van der Waals surface area contributed by atoms with E-state index in [1.54, 1.807) is 24.3 Å². The Morgan fingerprint density at radius 1 is 1.00 bits per heavy atom. The van der Waals surface area contributed by atoms with Gasteiger partial charge in [-0.1, -0.05) is 77.7 Å². The molecule has 0 atom stereocenters. The maximum Gasteiger partial charge on any atom is 1.00 e. The van der Waals surface area contributed by atoms with E-state index in [1.807, 2.05) is 6.07 Å². The summed E-state index contributed by atoms with van der Waals surface area (Å²) in [5.41, 5.74) is 0.434. The standard InChI is InChI=1S/C21H34O3S.Na.H/c1-5-9-14-19(13-6-2)21(17-7-3,18-8-4)24-25(22,23)20-15-11-10-12-16-20;;/h10-12,14-16H,5-9,13,17-18H2,1-4H3;;/q;+1;-1. The first-order valence-corrected chi connectivity index (χ1v) is 11.1. The first-order valence-electron chi connectivity index (χ1n) is 9.65. The molecular formula is C21H35NaO3S. The molecule has 0 fully saturated rings. The molecule has 1 rings (SSSR count). The van der Waals surface area contributed by atoms with Crippen LogP contribution in [0.3, 0.4) is 0 Å². The van der Waals surface area contributed by atoms with Crippen LogP contribution >= 0.6 is 0 Å². The quantitative estimate of drug-likeness (QED) is 0.312. The van der Waals surface area contributed by atoms with E-state index in [1.165, 1.54) is 0 Å². The van der Waals surface area contributed by atoms with E-state index in [0.717, 1.165) is 56.9 Å². The van der Waals surface area contributed by atoms with Crippen LogP contribution in [0.25, 0.3) is 0 Å². The van der Waals surface area contributed by atoms with Crippen LogP contribution in [-0.2, 0) is 14.3 Å². The molecule has 26 heavy (non-hydrogen) atoms. The zero-order valence-corrected chi connectivity index (χ0v) is 20.1. The summed E-state index contributed by atoms with van der Waals surface area (Å²) in [5, 5.41) is 0. The summed E-state index contributed by atoms with van der Waals surface area (Å²) in [7, 11) is -3.79. The summed E-state index contributed by atoms with van der Waals surface area (Å²) in [6.45, 7) is 8.45. The molecule has 0 amide bonds. The van der Waals surface area contributed by atoms with Gasteiger partial charge in [-0.2, -0.15) is 8.42 Å². The minimum atomic E-state index is -3.79. The second-order valence-corrected chi connectivity index (χ2v) is 8.16. The van der Waals surface area contributed by atoms with Crippen molar-refractivity contribution in [2.24, 2.45) is 0 Å². The largest absolute Gasteiger partial charge is 1.00 e. The van der Waals surface area contributed by atoms with Crippen LogP contribution in [0, 0.1) is 0 Å². The Kier molecular flexibility index (Phi) is 13.0. The fraction of sp³-hybridized carbons (Fsp3) is 0.619. The van der Waals surface area contributed by atoms with Gasteiger partial charge in [0.15, 0.2) is 0 Å². The summed E-state index contributed by atoms with van der Waals surface area (Å²) in [6.07, 6.45) is 9.31. The molecular weight excluding hydrogens is 355 g/mol. The normalized spacial score (nSPS) is 12.7. The van der Waals surface area contributed by atoms with Gasteiger partial charge in [-0.05, 0) is 43.4 Å². The Bertz CT molecular complexity index is 624. The third kappa shape index (κ3) is 7.47. The average molecular weight is 391 g/mol. The minimum absolute atomic E-state index is 0. The van der Waals surface area contributed by atoms with Crippen LogP contribution in [0.15, 0.2) is 46.9 Å². The number of unbranched alkanes of at least 4 members (excludes halogenated alkanes) is 1. The predicted molar refractivity (Wildman–Crippen MR) is 106 cm³/mol. The maximum absolute atomic E-state index is 12.9. The molecule has 3 nitrogen and oxygen atoms in total. The fourth-order valence-corrected chi connectivity index (χ4v) is 4.62. The molecule has 0 N–H and O–H groups in total. The minimum Gasteiger partial charge on any atom is -1.00 e. The van der Waals surface area contributed by atoms with Gasteiger partial charge in [-0.25, -0.2) is 0 Å². The summed E-state index contributed by atoms with van der Waals surface area (Å²) >= 11 is 0. The van der Waals surface area contributed by atoms with Crippen molar-refractivity contribution in [2.45, 2.75) is 89.6 Å². The zero-order valence-electron chi connectivity index (χ0n) is 18.3. The summed E-state index contributed by atoms with van der Waals surface area (Å²) in [6, 6.07) is 8.49. The molecule has 0 saturated carbocycles. The second kappa shape index (κ2) is 13.1. The molecule has 0 aromatic heterocycles. The molecule has 5 heteroatoms. The van der Waals surface area contributed by atoms with Crippen molar-refractivity contribution in [3.8, 4) is 0 Å². The van der Waals surface area contributed by atoms with E-state index in [0.29, 0.717) is 0 Å². The zero-order chi connectivity index (χ0) is 18.8. The van der Waals surface area contributed by atoms with Crippen molar-refractivity contribution in [3.63, 3.8) is 0 Å². The Balaban J connectivity index is 0. The molecule has 0 aliphatic carbocycles. The van der Waals surface area contributed by atoms with Gasteiger partial charge in [0.25, 0.3) is 10.1 Å². The third-order valence-corrected chi connectivity index (χ3v) is 5.78. The molecule has 0 saturated heterocycles. The van der Waals surface area contributed by atoms with Crippen molar-refractivity contribution in [2.75, 3.05) is 0 Å². The van der Waals surface area contributed by atoms with Gasteiger partial charge in [0.05, 0.1) is 4.90 Å². The van der Waals surface area contributed by atoms with E-state index in [-0.39, 0.29) is 35.9 Å². The SMILES string of the molecule is CCCC=C(CCC)C(CCC)(CCC)OS(=O)(=O)c1ccccc1.[H-].[Na+]. The van der Waals surface area contributed by atoms with Gasteiger partial charge in [0.1, 0.15) is 5.60 Å². The summed E-state index contributed by atoms with van der Waals surface area (Å²) < 4.78 is 31.9. The summed E-state index contributed by atoms with van der Waals surface area (Å²) in [5.74, 6) is 0. The van der Waals surface area contributed by atoms with Gasteiger partial charge < -0.3 is 1.43 Å². The molecule has 1 aromatic carbocycles. The molecule has 1 aromatic rings. The van der Waals surface area contributed by atoms with E-state index in [2.05, 4.69) is 33.8 Å². The third-order valence-electron chi connectivity index (χ3n) is 4.39. The number of hydrogen-bond donors (Lipinski definition) is 0. The van der Waals surface area contributed by atoms with Crippen molar-refractivity contribution in [1.29, 1.82) is 0 Å². The monoisotopic (exact) mass is 390 g/mol. The van der Waals surface area contributed by atoms with Crippen molar-refractivity contribution < 1.29 is 43.6 Å². The van der Waals surface area contributed by atoms with Crippen LogP contribution < -0.4 is 29.6 Å². The topological polar surface area (TPSA) is 43.4 Å². The van der Waals surface area contributed by atoms with E-state index in [9.17, 15) is 8.42 Å². The smallest absolute Gasteiger partial charge is 1.00 e. The van der Waals surface area contributed by atoms with Crippen LogP contribution in [0.5, 0.6) is 0 Å². The van der Waals surface area contributed by atoms with Gasteiger partial charge in [0.2, 0.25) is 0 Å². The predicted octanol–water partition coefficient (Wildman–Crippen LogP) is 3.37. The number of allylic oxidation sites excluding steroid dienone is 1. The number of rotatable bonds is 12. The first kappa shape index (κ1) is 25.9. The molecule has 0 bridgehead atoms. The molecule has 0 heterocycles. The fourth-order valence-electron chi connectivity index (χ4n) is 3.34. The van der Waals surface area contributed by atoms with Gasteiger partial charge in [0, 0.05) is 0 Å². The van der Waals surface area contributed by atoms with Crippen molar-refractivity contribution in [1.82, 2.24) is 0 Å². The van der Waals surface area contributed by atoms with E-state index >= 15 is 0 Å². The second-order valence-electron chi connectivity index (χ2n) is 6.61. The molecule has 144 valence electrons. The molecule has 0 radical (unpaired) electrons. The van der Waals surface area contributed by atoms with Gasteiger partial charge in [-0.15, -0.1) is 0 Å².